The molecule has 3 rings (SSSR count). The molecule has 0 aliphatic heterocycles. The largest absolute Gasteiger partial charge is 0.467 e. The van der Waals surface area contributed by atoms with Crippen LogP contribution in [0.5, 0.6) is 0 Å². The highest BCUT2D eigenvalue weighted by atomic mass is 16.3. The zero-order chi connectivity index (χ0) is 22.4. The van der Waals surface area contributed by atoms with E-state index in [2.05, 4.69) is 81.8 Å². The molecule has 0 unspecified atom stereocenters. The first-order valence-electron chi connectivity index (χ1n) is 11.2. The standard InChI is InChI=1S/C27H36N2O2/c1-21-10-12-23(13-11-21)18-28-14-6-8-24(28)19-29(20-25-9-7-15-31-25)26(30)16-22(2)17-27(3,4)5/h6-15,22H,16-20H2,1-5H3/t22-/m1/s1. The van der Waals surface area contributed by atoms with Crippen LogP contribution < -0.4 is 0 Å². The number of hydrogen-bond donors (Lipinski definition) is 0. The lowest BCUT2D eigenvalue weighted by Crippen LogP contribution is -2.32. The van der Waals surface area contributed by atoms with Crippen LogP contribution in [0.15, 0.2) is 65.4 Å². The van der Waals surface area contributed by atoms with Crippen LogP contribution in [-0.4, -0.2) is 15.4 Å². The molecular weight excluding hydrogens is 384 g/mol. The molecule has 0 saturated carbocycles. The smallest absolute Gasteiger partial charge is 0.223 e. The second-order valence-electron chi connectivity index (χ2n) is 10.0. The van der Waals surface area contributed by atoms with Gasteiger partial charge in [-0.2, -0.15) is 0 Å². The van der Waals surface area contributed by atoms with E-state index in [-0.39, 0.29) is 11.3 Å². The molecule has 0 bridgehead atoms. The van der Waals surface area contributed by atoms with Crippen molar-refractivity contribution in [2.45, 2.75) is 67.1 Å². The molecule has 1 atom stereocenters. The van der Waals surface area contributed by atoms with Crippen molar-refractivity contribution in [2.24, 2.45) is 11.3 Å². The first-order valence-corrected chi connectivity index (χ1v) is 11.2. The highest BCUT2D eigenvalue weighted by Crippen LogP contribution is 2.27. The number of amides is 1. The predicted molar refractivity (Wildman–Crippen MR) is 126 cm³/mol. The topological polar surface area (TPSA) is 38.4 Å². The molecule has 0 aliphatic carbocycles. The van der Waals surface area contributed by atoms with Gasteiger partial charge in [0.05, 0.1) is 19.4 Å². The predicted octanol–water partition coefficient (Wildman–Crippen LogP) is 6.43. The van der Waals surface area contributed by atoms with Gasteiger partial charge in [0.1, 0.15) is 5.76 Å². The summed E-state index contributed by atoms with van der Waals surface area (Å²) in [7, 11) is 0. The van der Waals surface area contributed by atoms with E-state index in [1.807, 2.05) is 17.0 Å². The zero-order valence-electron chi connectivity index (χ0n) is 19.6. The van der Waals surface area contributed by atoms with Crippen LogP contribution in [0.2, 0.25) is 0 Å². The number of rotatable bonds is 9. The second-order valence-corrected chi connectivity index (χ2v) is 10.0. The summed E-state index contributed by atoms with van der Waals surface area (Å²) < 4.78 is 7.78. The molecule has 2 aromatic heterocycles. The Kier molecular flexibility index (Phi) is 7.42. The Morgan fingerprint density at radius 1 is 1.06 bits per heavy atom. The molecular formula is C27H36N2O2. The lowest BCUT2D eigenvalue weighted by Gasteiger charge is -2.27. The normalized spacial score (nSPS) is 12.7. The van der Waals surface area contributed by atoms with Crippen LogP contribution in [-0.2, 0) is 24.4 Å². The van der Waals surface area contributed by atoms with Crippen molar-refractivity contribution in [2.75, 3.05) is 0 Å². The number of carbonyl (C=O) groups excluding carboxylic acids is 1. The number of aromatic nitrogens is 1. The van der Waals surface area contributed by atoms with Gasteiger partial charge in [-0.3, -0.25) is 4.79 Å². The minimum absolute atomic E-state index is 0.177. The number of furan rings is 1. The fourth-order valence-corrected chi connectivity index (χ4v) is 4.20. The quantitative estimate of drug-likeness (QED) is 0.400. The fourth-order valence-electron chi connectivity index (χ4n) is 4.20. The SMILES string of the molecule is Cc1ccc(Cn2cccc2CN(Cc2ccco2)C(=O)C[C@@H](C)CC(C)(C)C)cc1. The molecule has 1 amide bonds. The molecule has 1 aromatic carbocycles. The van der Waals surface area contributed by atoms with Crippen LogP contribution in [0.25, 0.3) is 0 Å². The van der Waals surface area contributed by atoms with Crippen molar-refractivity contribution >= 4 is 5.91 Å². The third-order valence-electron chi connectivity index (χ3n) is 5.51. The Labute approximate surface area is 186 Å². The average molecular weight is 421 g/mol. The highest BCUT2D eigenvalue weighted by Gasteiger charge is 2.22. The van der Waals surface area contributed by atoms with Crippen LogP contribution in [0.4, 0.5) is 0 Å². The molecule has 4 heteroatoms. The van der Waals surface area contributed by atoms with E-state index >= 15 is 0 Å². The minimum atomic E-state index is 0.177. The maximum absolute atomic E-state index is 13.3. The van der Waals surface area contributed by atoms with E-state index in [4.69, 9.17) is 4.42 Å². The van der Waals surface area contributed by atoms with E-state index < -0.39 is 0 Å². The summed E-state index contributed by atoms with van der Waals surface area (Å²) in [6.07, 6.45) is 5.33. The van der Waals surface area contributed by atoms with Crippen molar-refractivity contribution in [1.29, 1.82) is 0 Å². The van der Waals surface area contributed by atoms with Gasteiger partial charge in [0.2, 0.25) is 5.91 Å². The van der Waals surface area contributed by atoms with Crippen LogP contribution in [0, 0.1) is 18.3 Å². The summed E-state index contributed by atoms with van der Waals surface area (Å²) in [6.45, 7) is 12.8. The second kappa shape index (κ2) is 10.0. The van der Waals surface area contributed by atoms with Gasteiger partial charge in [-0.25, -0.2) is 0 Å². The molecule has 0 radical (unpaired) electrons. The third kappa shape index (κ3) is 7.16. The van der Waals surface area contributed by atoms with Crippen LogP contribution in [0.3, 0.4) is 0 Å². The summed E-state index contributed by atoms with van der Waals surface area (Å²) in [6, 6.07) is 16.6. The molecule has 2 heterocycles. The van der Waals surface area contributed by atoms with Crippen molar-refractivity contribution in [3.8, 4) is 0 Å². The molecule has 0 aliphatic rings. The molecule has 0 fully saturated rings. The zero-order valence-corrected chi connectivity index (χ0v) is 19.6. The molecule has 0 N–H and O–H groups in total. The Bertz CT molecular complexity index is 946. The number of carbonyl (C=O) groups is 1. The van der Waals surface area contributed by atoms with E-state index in [0.717, 1.165) is 24.4 Å². The maximum Gasteiger partial charge on any atom is 0.223 e. The summed E-state index contributed by atoms with van der Waals surface area (Å²) in [5, 5.41) is 0. The Morgan fingerprint density at radius 2 is 1.81 bits per heavy atom. The minimum Gasteiger partial charge on any atom is -0.467 e. The van der Waals surface area contributed by atoms with Gasteiger partial charge in [-0.05, 0) is 54.5 Å². The van der Waals surface area contributed by atoms with Crippen LogP contribution >= 0.6 is 0 Å². The van der Waals surface area contributed by atoms with Gasteiger partial charge in [0.25, 0.3) is 0 Å². The van der Waals surface area contributed by atoms with Crippen molar-refractivity contribution in [1.82, 2.24) is 9.47 Å². The molecule has 3 aromatic rings. The summed E-state index contributed by atoms with van der Waals surface area (Å²) in [5.74, 6) is 1.33. The van der Waals surface area contributed by atoms with Crippen molar-refractivity contribution in [3.63, 3.8) is 0 Å². The van der Waals surface area contributed by atoms with E-state index in [1.54, 1.807) is 6.26 Å². The molecule has 0 saturated heterocycles. The fraction of sp³-hybridized carbons (Fsp3) is 0.444. The molecule has 4 nitrogen and oxygen atoms in total. The molecule has 166 valence electrons. The summed E-state index contributed by atoms with van der Waals surface area (Å²) in [5.41, 5.74) is 3.86. The monoisotopic (exact) mass is 420 g/mol. The maximum atomic E-state index is 13.3. The molecule has 31 heavy (non-hydrogen) atoms. The number of nitrogens with zero attached hydrogens (tertiary/aromatic N) is 2. The molecule has 0 spiro atoms. The van der Waals surface area contributed by atoms with Gasteiger partial charge in [-0.1, -0.05) is 57.5 Å². The Morgan fingerprint density at radius 3 is 2.45 bits per heavy atom. The van der Waals surface area contributed by atoms with E-state index in [9.17, 15) is 4.79 Å². The Balaban J connectivity index is 1.74. The average Bonchev–Trinajstić information content (AvgIpc) is 3.34. The lowest BCUT2D eigenvalue weighted by atomic mass is 9.84. The third-order valence-corrected chi connectivity index (χ3v) is 5.51. The van der Waals surface area contributed by atoms with Gasteiger partial charge in [0, 0.05) is 24.9 Å². The van der Waals surface area contributed by atoms with Gasteiger partial charge in [0.15, 0.2) is 0 Å². The highest BCUT2D eigenvalue weighted by molar-refractivity contribution is 5.76. The van der Waals surface area contributed by atoms with Crippen LogP contribution in [0.1, 0.15) is 63.1 Å². The van der Waals surface area contributed by atoms with Gasteiger partial charge in [-0.15, -0.1) is 0 Å². The summed E-state index contributed by atoms with van der Waals surface area (Å²) >= 11 is 0. The van der Waals surface area contributed by atoms with Crippen molar-refractivity contribution < 1.29 is 9.21 Å². The summed E-state index contributed by atoms with van der Waals surface area (Å²) in [4.78, 5) is 15.2. The first kappa shape index (κ1) is 22.9. The Hall–Kier alpha value is -2.75. The number of aryl methyl sites for hydroxylation is 1. The van der Waals surface area contributed by atoms with Gasteiger partial charge >= 0.3 is 0 Å². The first-order chi connectivity index (χ1) is 14.7. The number of hydrogen-bond acceptors (Lipinski definition) is 2. The van der Waals surface area contributed by atoms with Gasteiger partial charge < -0.3 is 13.9 Å². The lowest BCUT2D eigenvalue weighted by molar-refractivity contribution is -0.133. The van der Waals surface area contributed by atoms with Crippen molar-refractivity contribution in [3.05, 3.63) is 83.6 Å². The number of benzene rings is 1. The van der Waals surface area contributed by atoms with E-state index in [1.165, 1.54) is 11.1 Å². The van der Waals surface area contributed by atoms with E-state index in [0.29, 0.717) is 25.4 Å².